The smallest absolute Gasteiger partial charge is 0.412 e. The Morgan fingerprint density at radius 1 is 0.939 bits per heavy atom. The van der Waals surface area contributed by atoms with Gasteiger partial charge in [-0.2, -0.15) is 0 Å². The van der Waals surface area contributed by atoms with Crippen molar-refractivity contribution in [3.63, 3.8) is 0 Å². The van der Waals surface area contributed by atoms with Crippen molar-refractivity contribution in [2.45, 2.75) is 26.0 Å². The Hall–Kier alpha value is -4.13. The lowest BCUT2D eigenvalue weighted by atomic mass is 9.95. The molecular formula is C26H25N3O4. The molecule has 3 aromatic rings. The van der Waals surface area contributed by atoms with E-state index in [4.69, 9.17) is 4.74 Å². The molecule has 1 unspecified atom stereocenters. The van der Waals surface area contributed by atoms with Gasteiger partial charge in [0.05, 0.1) is 5.69 Å². The van der Waals surface area contributed by atoms with Crippen LogP contribution in [0.1, 0.15) is 24.1 Å². The zero-order chi connectivity index (χ0) is 23.5. The second-order valence-corrected chi connectivity index (χ2v) is 7.98. The SMILES string of the molecule is Cc1ccc(NC(=O)OC(C)C(=O)N[C@@H]2C(=O)N(C)c3ccccc3-c3ccccc32)cc1. The molecule has 0 bridgehead atoms. The van der Waals surface area contributed by atoms with Crippen molar-refractivity contribution in [2.24, 2.45) is 0 Å². The molecule has 168 valence electrons. The predicted molar refractivity (Wildman–Crippen MR) is 127 cm³/mol. The second-order valence-electron chi connectivity index (χ2n) is 7.98. The molecule has 7 heteroatoms. The molecule has 1 heterocycles. The van der Waals surface area contributed by atoms with Gasteiger partial charge in [0.15, 0.2) is 6.10 Å². The Morgan fingerprint density at radius 3 is 2.30 bits per heavy atom. The topological polar surface area (TPSA) is 87.7 Å². The van der Waals surface area contributed by atoms with Crippen LogP contribution in [0.2, 0.25) is 0 Å². The molecule has 2 atom stereocenters. The average Bonchev–Trinajstić information content (AvgIpc) is 2.90. The van der Waals surface area contributed by atoms with E-state index in [0.29, 0.717) is 11.3 Å². The summed E-state index contributed by atoms with van der Waals surface area (Å²) in [7, 11) is 1.68. The predicted octanol–water partition coefficient (Wildman–Crippen LogP) is 4.43. The maximum Gasteiger partial charge on any atom is 0.412 e. The molecule has 0 saturated heterocycles. The summed E-state index contributed by atoms with van der Waals surface area (Å²) in [6, 6.07) is 21.4. The summed E-state index contributed by atoms with van der Waals surface area (Å²) in [5, 5.41) is 5.37. The molecule has 7 nitrogen and oxygen atoms in total. The zero-order valence-electron chi connectivity index (χ0n) is 18.7. The number of anilines is 2. The molecule has 1 aliphatic heterocycles. The van der Waals surface area contributed by atoms with Crippen molar-refractivity contribution in [3.05, 3.63) is 83.9 Å². The first kappa shape index (κ1) is 22.1. The lowest BCUT2D eigenvalue weighted by molar-refractivity contribution is -0.132. The summed E-state index contributed by atoms with van der Waals surface area (Å²) >= 11 is 0. The van der Waals surface area contributed by atoms with Crippen molar-refractivity contribution in [1.29, 1.82) is 0 Å². The van der Waals surface area contributed by atoms with Crippen molar-refractivity contribution in [3.8, 4) is 11.1 Å². The number of para-hydroxylation sites is 1. The van der Waals surface area contributed by atoms with Crippen LogP contribution in [0.5, 0.6) is 0 Å². The number of rotatable bonds is 4. The standard InChI is InChI=1S/C26H25N3O4/c1-16-12-14-18(15-13-16)27-26(32)33-17(2)24(30)28-23-21-10-5-4-8-19(21)20-9-6-7-11-22(20)29(3)25(23)31/h4-15,17,23H,1-3H3,(H,27,32)(H,28,30)/t17?,23-/m0/s1. The van der Waals surface area contributed by atoms with E-state index < -0.39 is 24.1 Å². The molecule has 0 spiro atoms. The molecule has 0 aliphatic carbocycles. The normalized spacial score (nSPS) is 15.5. The van der Waals surface area contributed by atoms with Gasteiger partial charge < -0.3 is 15.0 Å². The van der Waals surface area contributed by atoms with Gasteiger partial charge in [-0.1, -0.05) is 60.2 Å². The number of amides is 3. The quantitative estimate of drug-likeness (QED) is 0.624. The highest BCUT2D eigenvalue weighted by Crippen LogP contribution is 2.39. The summed E-state index contributed by atoms with van der Waals surface area (Å²) in [6.45, 7) is 3.41. The summed E-state index contributed by atoms with van der Waals surface area (Å²) in [4.78, 5) is 40.0. The van der Waals surface area contributed by atoms with Gasteiger partial charge in [0.1, 0.15) is 6.04 Å². The van der Waals surface area contributed by atoms with Crippen molar-refractivity contribution >= 4 is 29.3 Å². The van der Waals surface area contributed by atoms with Gasteiger partial charge in [0.25, 0.3) is 11.8 Å². The number of benzene rings is 3. The minimum absolute atomic E-state index is 0.281. The number of fused-ring (bicyclic) bond motifs is 3. The van der Waals surface area contributed by atoms with Crippen LogP contribution in [0, 0.1) is 6.92 Å². The van der Waals surface area contributed by atoms with Gasteiger partial charge in [-0.05, 0) is 43.2 Å². The van der Waals surface area contributed by atoms with Crippen molar-refractivity contribution < 1.29 is 19.1 Å². The molecule has 0 saturated carbocycles. The van der Waals surface area contributed by atoms with E-state index in [1.54, 1.807) is 19.2 Å². The molecule has 0 fully saturated rings. The van der Waals surface area contributed by atoms with E-state index in [2.05, 4.69) is 10.6 Å². The van der Waals surface area contributed by atoms with Crippen LogP contribution in [-0.2, 0) is 14.3 Å². The van der Waals surface area contributed by atoms with E-state index in [9.17, 15) is 14.4 Å². The van der Waals surface area contributed by atoms with Gasteiger partial charge in [-0.15, -0.1) is 0 Å². The Balaban J connectivity index is 1.51. The summed E-state index contributed by atoms with van der Waals surface area (Å²) in [5.41, 5.74) is 4.83. The van der Waals surface area contributed by atoms with Crippen LogP contribution in [0.4, 0.5) is 16.2 Å². The van der Waals surface area contributed by atoms with E-state index >= 15 is 0 Å². The molecular weight excluding hydrogens is 418 g/mol. The number of likely N-dealkylation sites (N-methyl/N-ethyl adjacent to an activating group) is 1. The van der Waals surface area contributed by atoms with Crippen LogP contribution in [0.3, 0.4) is 0 Å². The molecule has 4 rings (SSSR count). The average molecular weight is 444 g/mol. The maximum absolute atomic E-state index is 13.3. The van der Waals surface area contributed by atoms with Crippen LogP contribution in [0.15, 0.2) is 72.8 Å². The van der Waals surface area contributed by atoms with E-state index in [1.807, 2.05) is 67.6 Å². The van der Waals surface area contributed by atoms with E-state index in [1.165, 1.54) is 11.8 Å². The van der Waals surface area contributed by atoms with Crippen LogP contribution >= 0.6 is 0 Å². The molecule has 0 aromatic heterocycles. The Labute approximate surface area is 192 Å². The number of carbonyl (C=O) groups is 3. The minimum Gasteiger partial charge on any atom is -0.436 e. The van der Waals surface area contributed by atoms with E-state index in [0.717, 1.165) is 22.4 Å². The zero-order valence-corrected chi connectivity index (χ0v) is 18.7. The second kappa shape index (κ2) is 9.16. The Kier molecular flexibility index (Phi) is 6.13. The molecule has 33 heavy (non-hydrogen) atoms. The van der Waals surface area contributed by atoms with Crippen LogP contribution < -0.4 is 15.5 Å². The Morgan fingerprint density at radius 2 is 1.58 bits per heavy atom. The number of ether oxygens (including phenoxy) is 1. The summed E-state index contributed by atoms with van der Waals surface area (Å²) < 4.78 is 5.24. The Bertz CT molecular complexity index is 1210. The number of aryl methyl sites for hydroxylation is 1. The number of nitrogens with one attached hydrogen (secondary N) is 2. The van der Waals surface area contributed by atoms with Gasteiger partial charge in [-0.25, -0.2) is 4.79 Å². The number of carbonyl (C=O) groups excluding carboxylic acids is 3. The van der Waals surface area contributed by atoms with Gasteiger partial charge in [0, 0.05) is 18.3 Å². The van der Waals surface area contributed by atoms with Crippen LogP contribution in [-0.4, -0.2) is 31.1 Å². The molecule has 2 N–H and O–H groups in total. The first-order valence-electron chi connectivity index (χ1n) is 10.7. The van der Waals surface area contributed by atoms with E-state index in [-0.39, 0.29) is 5.91 Å². The number of hydrogen-bond acceptors (Lipinski definition) is 4. The third-order valence-corrected chi connectivity index (χ3v) is 5.64. The molecule has 1 aliphatic rings. The summed E-state index contributed by atoms with van der Waals surface area (Å²) in [5.74, 6) is -0.848. The highest BCUT2D eigenvalue weighted by atomic mass is 16.6. The largest absolute Gasteiger partial charge is 0.436 e. The first-order chi connectivity index (χ1) is 15.8. The monoisotopic (exact) mass is 443 g/mol. The maximum atomic E-state index is 13.3. The number of nitrogens with zero attached hydrogens (tertiary/aromatic N) is 1. The molecule has 3 aromatic carbocycles. The number of hydrogen-bond donors (Lipinski definition) is 2. The van der Waals surface area contributed by atoms with Crippen molar-refractivity contribution in [1.82, 2.24) is 5.32 Å². The van der Waals surface area contributed by atoms with Gasteiger partial charge >= 0.3 is 6.09 Å². The molecule has 0 radical (unpaired) electrons. The third-order valence-electron chi connectivity index (χ3n) is 5.64. The minimum atomic E-state index is -1.11. The lowest BCUT2D eigenvalue weighted by Gasteiger charge is -2.24. The highest BCUT2D eigenvalue weighted by molar-refractivity contribution is 6.06. The van der Waals surface area contributed by atoms with Crippen molar-refractivity contribution in [2.75, 3.05) is 17.3 Å². The third kappa shape index (κ3) is 4.57. The summed E-state index contributed by atoms with van der Waals surface area (Å²) in [6.07, 6.45) is -1.86. The fraction of sp³-hybridized carbons (Fsp3) is 0.192. The highest BCUT2D eigenvalue weighted by Gasteiger charge is 2.34. The first-order valence-corrected chi connectivity index (χ1v) is 10.7. The molecule has 3 amide bonds. The fourth-order valence-electron chi connectivity index (χ4n) is 3.83. The van der Waals surface area contributed by atoms with Crippen LogP contribution in [0.25, 0.3) is 11.1 Å². The van der Waals surface area contributed by atoms with Gasteiger partial charge in [0.2, 0.25) is 0 Å². The van der Waals surface area contributed by atoms with Gasteiger partial charge in [-0.3, -0.25) is 14.9 Å². The lowest BCUT2D eigenvalue weighted by Crippen LogP contribution is -2.45. The fourth-order valence-corrected chi connectivity index (χ4v) is 3.83.